The van der Waals surface area contributed by atoms with E-state index in [1.807, 2.05) is 0 Å². The second-order valence-electron chi connectivity index (χ2n) is 7.56. The number of hydrogen-bond donors (Lipinski definition) is 0. The highest BCUT2D eigenvalue weighted by atomic mass is 16.5. The fourth-order valence-corrected chi connectivity index (χ4v) is 4.16. The van der Waals surface area contributed by atoms with Crippen LogP contribution in [-0.2, 0) is 17.8 Å². The molecular formula is C21H30N2O2. The van der Waals surface area contributed by atoms with Crippen LogP contribution in [0.15, 0.2) is 30.4 Å². The highest BCUT2D eigenvalue weighted by Gasteiger charge is 2.20. The van der Waals surface area contributed by atoms with Gasteiger partial charge in [-0.2, -0.15) is 0 Å². The van der Waals surface area contributed by atoms with Gasteiger partial charge in [0.15, 0.2) is 0 Å². The van der Waals surface area contributed by atoms with E-state index in [1.165, 1.54) is 36.9 Å². The van der Waals surface area contributed by atoms with Crippen LogP contribution in [0.4, 0.5) is 0 Å². The molecule has 2 aliphatic heterocycles. The van der Waals surface area contributed by atoms with Crippen molar-refractivity contribution >= 4 is 0 Å². The summed E-state index contributed by atoms with van der Waals surface area (Å²) in [6.45, 7) is 8.86. The molecule has 0 radical (unpaired) electrons. The third-order valence-electron chi connectivity index (χ3n) is 5.59. The Hall–Kier alpha value is -1.36. The lowest BCUT2D eigenvalue weighted by Gasteiger charge is -2.27. The van der Waals surface area contributed by atoms with E-state index in [9.17, 15) is 0 Å². The summed E-state index contributed by atoms with van der Waals surface area (Å²) in [5.41, 5.74) is 2.75. The van der Waals surface area contributed by atoms with E-state index >= 15 is 0 Å². The molecule has 0 amide bonds. The number of allylic oxidation sites excluding steroid dienone is 2. The van der Waals surface area contributed by atoms with Crippen molar-refractivity contribution in [2.45, 2.75) is 32.4 Å². The number of fused-ring (bicyclic) bond motifs is 1. The average Bonchev–Trinajstić information content (AvgIpc) is 2.85. The van der Waals surface area contributed by atoms with Crippen molar-refractivity contribution in [1.29, 1.82) is 0 Å². The van der Waals surface area contributed by atoms with E-state index in [1.54, 1.807) is 0 Å². The minimum atomic E-state index is 0.804. The van der Waals surface area contributed by atoms with Crippen molar-refractivity contribution in [2.24, 2.45) is 5.92 Å². The summed E-state index contributed by atoms with van der Waals surface area (Å²) >= 11 is 0. The first kappa shape index (κ1) is 17.1. The van der Waals surface area contributed by atoms with Gasteiger partial charge in [0, 0.05) is 44.8 Å². The quantitative estimate of drug-likeness (QED) is 0.785. The summed E-state index contributed by atoms with van der Waals surface area (Å²) in [7, 11) is 0. The van der Waals surface area contributed by atoms with Crippen molar-refractivity contribution in [3.8, 4) is 5.75 Å². The van der Waals surface area contributed by atoms with Crippen LogP contribution in [0.25, 0.3) is 0 Å². The number of nitrogens with zero attached hydrogens (tertiary/aromatic N) is 2. The molecule has 2 heterocycles. The predicted molar refractivity (Wildman–Crippen MR) is 99.8 cm³/mol. The van der Waals surface area contributed by atoms with Crippen LogP contribution in [-0.4, -0.2) is 55.8 Å². The predicted octanol–water partition coefficient (Wildman–Crippen LogP) is 3.07. The van der Waals surface area contributed by atoms with Gasteiger partial charge in [0.2, 0.25) is 0 Å². The first-order valence-corrected chi connectivity index (χ1v) is 9.79. The number of ether oxygens (including phenoxy) is 2. The lowest BCUT2D eigenvalue weighted by Crippen LogP contribution is -2.35. The molecular weight excluding hydrogens is 312 g/mol. The van der Waals surface area contributed by atoms with Crippen molar-refractivity contribution in [3.05, 3.63) is 41.5 Å². The molecule has 1 atom stereocenters. The molecule has 1 fully saturated rings. The van der Waals surface area contributed by atoms with Gasteiger partial charge in [-0.05, 0) is 42.9 Å². The van der Waals surface area contributed by atoms with Gasteiger partial charge in [0.05, 0.1) is 13.2 Å². The Morgan fingerprint density at radius 2 is 1.88 bits per heavy atom. The Bertz CT molecular complexity index is 596. The van der Waals surface area contributed by atoms with Crippen LogP contribution in [0.2, 0.25) is 0 Å². The molecule has 4 nitrogen and oxygen atoms in total. The molecule has 0 aromatic heterocycles. The van der Waals surface area contributed by atoms with Gasteiger partial charge >= 0.3 is 0 Å². The summed E-state index contributed by atoms with van der Waals surface area (Å²) in [6, 6.07) is 6.78. The maximum Gasteiger partial charge on any atom is 0.123 e. The minimum absolute atomic E-state index is 0.804. The van der Waals surface area contributed by atoms with Gasteiger partial charge < -0.3 is 9.47 Å². The number of benzene rings is 1. The first-order chi connectivity index (χ1) is 12.4. The van der Waals surface area contributed by atoms with Crippen molar-refractivity contribution in [1.82, 2.24) is 9.80 Å². The molecule has 25 heavy (non-hydrogen) atoms. The third-order valence-corrected chi connectivity index (χ3v) is 5.59. The molecule has 4 rings (SSSR count). The Morgan fingerprint density at radius 1 is 1.00 bits per heavy atom. The molecule has 0 saturated carbocycles. The lowest BCUT2D eigenvalue weighted by atomic mass is 9.94. The van der Waals surface area contributed by atoms with Gasteiger partial charge in [-0.25, -0.2) is 0 Å². The molecule has 0 spiro atoms. The Morgan fingerprint density at radius 3 is 2.72 bits per heavy atom. The zero-order chi connectivity index (χ0) is 16.9. The molecule has 0 N–H and O–H groups in total. The van der Waals surface area contributed by atoms with Crippen LogP contribution in [0, 0.1) is 5.92 Å². The summed E-state index contributed by atoms with van der Waals surface area (Å²) in [6.07, 6.45) is 8.50. The molecule has 1 aromatic rings. The number of morpholine rings is 1. The normalized spacial score (nSPS) is 25.2. The second kappa shape index (κ2) is 8.35. The van der Waals surface area contributed by atoms with Crippen LogP contribution in [0.1, 0.15) is 30.4 Å². The zero-order valence-electron chi connectivity index (χ0n) is 15.2. The molecule has 4 heteroatoms. The van der Waals surface area contributed by atoms with Crippen molar-refractivity contribution in [3.63, 3.8) is 0 Å². The Balaban J connectivity index is 1.41. The summed E-state index contributed by atoms with van der Waals surface area (Å²) in [4.78, 5) is 5.07. The van der Waals surface area contributed by atoms with E-state index < -0.39 is 0 Å². The lowest BCUT2D eigenvalue weighted by molar-refractivity contribution is 0.0342. The van der Waals surface area contributed by atoms with E-state index in [4.69, 9.17) is 9.47 Å². The molecule has 3 aliphatic rings. The average molecular weight is 342 g/mol. The fraction of sp³-hybridized carbons (Fsp3) is 0.619. The summed E-state index contributed by atoms with van der Waals surface area (Å²) in [5.74, 6) is 1.89. The Kier molecular flexibility index (Phi) is 5.70. The van der Waals surface area contributed by atoms with Crippen LogP contribution < -0.4 is 4.74 Å². The molecule has 0 unspecified atom stereocenters. The monoisotopic (exact) mass is 342 g/mol. The van der Waals surface area contributed by atoms with Gasteiger partial charge in [0.25, 0.3) is 0 Å². The van der Waals surface area contributed by atoms with E-state index in [0.717, 1.165) is 64.2 Å². The first-order valence-electron chi connectivity index (χ1n) is 9.79. The van der Waals surface area contributed by atoms with Gasteiger partial charge in [-0.15, -0.1) is 0 Å². The number of hydrogen-bond acceptors (Lipinski definition) is 4. The smallest absolute Gasteiger partial charge is 0.123 e. The van der Waals surface area contributed by atoms with Gasteiger partial charge in [-0.1, -0.05) is 18.2 Å². The highest BCUT2D eigenvalue weighted by molar-refractivity contribution is 5.38. The van der Waals surface area contributed by atoms with Crippen LogP contribution in [0.5, 0.6) is 5.75 Å². The molecule has 1 saturated heterocycles. The highest BCUT2D eigenvalue weighted by Crippen LogP contribution is 2.27. The Labute approximate surface area is 151 Å². The van der Waals surface area contributed by atoms with E-state index in [0.29, 0.717) is 0 Å². The number of rotatable bonds is 4. The molecule has 1 aromatic carbocycles. The van der Waals surface area contributed by atoms with E-state index in [2.05, 4.69) is 40.2 Å². The van der Waals surface area contributed by atoms with Crippen molar-refractivity contribution in [2.75, 3.05) is 46.0 Å². The van der Waals surface area contributed by atoms with Crippen molar-refractivity contribution < 1.29 is 9.47 Å². The largest absolute Gasteiger partial charge is 0.492 e. The fourth-order valence-electron chi connectivity index (χ4n) is 4.16. The maximum absolute atomic E-state index is 6.02. The molecule has 0 bridgehead atoms. The molecule has 1 aliphatic carbocycles. The van der Waals surface area contributed by atoms with Crippen LogP contribution in [0.3, 0.4) is 0 Å². The summed E-state index contributed by atoms with van der Waals surface area (Å²) < 4.78 is 11.5. The van der Waals surface area contributed by atoms with Gasteiger partial charge in [-0.3, -0.25) is 9.80 Å². The third kappa shape index (κ3) is 4.63. The standard InChI is InChI=1S/C21H30N2O2/c1-2-4-18(5-3-1)15-23-10-13-25-21-7-6-19(14-20(21)17-23)16-22-8-11-24-12-9-22/h1-2,6-7,14,18H,3-5,8-13,15-17H2/t18-/m1/s1. The topological polar surface area (TPSA) is 24.9 Å². The zero-order valence-corrected chi connectivity index (χ0v) is 15.2. The SMILES string of the molecule is C1=CC[C@@H](CN2CCOc3ccc(CN4CCOCC4)cc3C2)CC1. The molecule has 136 valence electrons. The van der Waals surface area contributed by atoms with E-state index in [-0.39, 0.29) is 0 Å². The van der Waals surface area contributed by atoms with Crippen LogP contribution >= 0.6 is 0 Å². The maximum atomic E-state index is 6.02. The second-order valence-corrected chi connectivity index (χ2v) is 7.56. The minimum Gasteiger partial charge on any atom is -0.492 e. The summed E-state index contributed by atoms with van der Waals surface area (Å²) in [5, 5.41) is 0. The van der Waals surface area contributed by atoms with Gasteiger partial charge in [0.1, 0.15) is 12.4 Å².